The Balaban J connectivity index is 2.49. The third kappa shape index (κ3) is 2.50. The normalized spacial score (nSPS) is 12.1. The van der Waals surface area contributed by atoms with Crippen LogP contribution >= 0.6 is 0 Å². The van der Waals surface area contributed by atoms with E-state index in [2.05, 4.69) is 0 Å². The minimum atomic E-state index is -0.133. The van der Waals surface area contributed by atoms with E-state index in [4.69, 9.17) is 4.74 Å². The molecule has 1 unspecified atom stereocenters. The second kappa shape index (κ2) is 5.74. The Morgan fingerprint density at radius 1 is 1.05 bits per heavy atom. The molecule has 0 aromatic heterocycles. The summed E-state index contributed by atoms with van der Waals surface area (Å²) < 4.78 is 5.11. The van der Waals surface area contributed by atoms with Crippen LogP contribution in [-0.4, -0.2) is 22.4 Å². The number of methoxy groups -OCH3 is 1. The lowest BCUT2D eigenvalue weighted by Crippen LogP contribution is -2.01. The van der Waals surface area contributed by atoms with Gasteiger partial charge in [-0.25, -0.2) is 0 Å². The summed E-state index contributed by atoms with van der Waals surface area (Å²) in [7, 11) is 1.49. The molecule has 20 heavy (non-hydrogen) atoms. The van der Waals surface area contributed by atoms with Crippen LogP contribution < -0.4 is 4.74 Å². The van der Waals surface area contributed by atoms with Gasteiger partial charge in [-0.1, -0.05) is 25.1 Å². The van der Waals surface area contributed by atoms with Crippen LogP contribution in [0.15, 0.2) is 36.4 Å². The highest BCUT2D eigenvalue weighted by molar-refractivity contribution is 5.51. The maximum atomic E-state index is 10.0. The molecule has 2 rings (SSSR count). The molecule has 2 aromatic rings. The van der Waals surface area contributed by atoms with E-state index in [1.807, 2.05) is 6.92 Å². The van der Waals surface area contributed by atoms with Crippen molar-refractivity contribution in [3.05, 3.63) is 47.5 Å². The van der Waals surface area contributed by atoms with Gasteiger partial charge in [-0.3, -0.25) is 0 Å². The number of rotatable bonds is 4. The molecule has 3 N–H and O–H groups in total. The van der Waals surface area contributed by atoms with E-state index in [-0.39, 0.29) is 23.2 Å². The van der Waals surface area contributed by atoms with Crippen LogP contribution in [0.5, 0.6) is 23.0 Å². The van der Waals surface area contributed by atoms with Gasteiger partial charge in [0, 0.05) is 11.5 Å². The molecule has 1 atom stereocenters. The van der Waals surface area contributed by atoms with Crippen LogP contribution in [0.4, 0.5) is 0 Å². The summed E-state index contributed by atoms with van der Waals surface area (Å²) in [5.41, 5.74) is 1.56. The van der Waals surface area contributed by atoms with Crippen molar-refractivity contribution in [2.45, 2.75) is 19.3 Å². The predicted octanol–water partition coefficient (Wildman–Crippen LogP) is 3.35. The molecule has 0 aliphatic carbocycles. The highest BCUT2D eigenvalue weighted by Crippen LogP contribution is 2.40. The molecular weight excluding hydrogens is 256 g/mol. The third-order valence-electron chi connectivity index (χ3n) is 3.44. The average molecular weight is 274 g/mol. The lowest BCUT2D eigenvalue weighted by Gasteiger charge is -2.18. The van der Waals surface area contributed by atoms with Crippen molar-refractivity contribution in [1.82, 2.24) is 0 Å². The Morgan fingerprint density at radius 3 is 2.45 bits per heavy atom. The summed E-state index contributed by atoms with van der Waals surface area (Å²) >= 11 is 0. The van der Waals surface area contributed by atoms with Crippen LogP contribution in [-0.2, 0) is 0 Å². The van der Waals surface area contributed by atoms with Crippen LogP contribution in [0, 0.1) is 0 Å². The van der Waals surface area contributed by atoms with Gasteiger partial charge in [0.05, 0.1) is 7.11 Å². The molecular formula is C16H18O4. The van der Waals surface area contributed by atoms with Gasteiger partial charge in [0.1, 0.15) is 0 Å². The maximum absolute atomic E-state index is 10.0. The molecule has 0 saturated heterocycles. The van der Waals surface area contributed by atoms with Crippen LogP contribution in [0.1, 0.15) is 30.4 Å². The first-order chi connectivity index (χ1) is 9.58. The van der Waals surface area contributed by atoms with E-state index in [0.29, 0.717) is 11.3 Å². The second-order valence-corrected chi connectivity index (χ2v) is 4.61. The minimum Gasteiger partial charge on any atom is -0.504 e. The Labute approximate surface area is 117 Å². The molecule has 0 aliphatic heterocycles. The van der Waals surface area contributed by atoms with Crippen LogP contribution in [0.2, 0.25) is 0 Å². The molecule has 0 radical (unpaired) electrons. The van der Waals surface area contributed by atoms with Crippen LogP contribution in [0.3, 0.4) is 0 Å². The summed E-state index contributed by atoms with van der Waals surface area (Å²) in [6, 6.07) is 10.0. The smallest absolute Gasteiger partial charge is 0.161 e. The number of hydrogen-bond acceptors (Lipinski definition) is 4. The minimum absolute atomic E-state index is 0.0752. The number of benzene rings is 2. The van der Waals surface area contributed by atoms with Gasteiger partial charge < -0.3 is 20.1 Å². The van der Waals surface area contributed by atoms with Gasteiger partial charge in [-0.2, -0.15) is 0 Å². The summed E-state index contributed by atoms with van der Waals surface area (Å²) in [6.45, 7) is 1.99. The fraction of sp³-hybridized carbons (Fsp3) is 0.250. The van der Waals surface area contributed by atoms with E-state index < -0.39 is 0 Å². The lowest BCUT2D eigenvalue weighted by molar-refractivity contribution is 0.372. The van der Waals surface area contributed by atoms with Crippen LogP contribution in [0.25, 0.3) is 0 Å². The zero-order valence-electron chi connectivity index (χ0n) is 11.5. The fourth-order valence-corrected chi connectivity index (χ4v) is 2.38. The standard InChI is InChI=1S/C16H18O4/c1-3-11(12-5-4-6-14(18)16(12)19)10-7-8-13(17)15(9-10)20-2/h4-9,11,17-19H,3H2,1-2H3. The van der Waals surface area contributed by atoms with Gasteiger partial charge in [-0.15, -0.1) is 0 Å². The van der Waals surface area contributed by atoms with E-state index in [9.17, 15) is 15.3 Å². The zero-order chi connectivity index (χ0) is 14.7. The SMILES string of the molecule is CCC(c1ccc(O)c(OC)c1)c1cccc(O)c1O. The highest BCUT2D eigenvalue weighted by Gasteiger charge is 2.19. The monoisotopic (exact) mass is 274 g/mol. The van der Waals surface area contributed by atoms with Crippen molar-refractivity contribution >= 4 is 0 Å². The first-order valence-corrected chi connectivity index (χ1v) is 6.46. The Bertz CT molecular complexity index is 607. The second-order valence-electron chi connectivity index (χ2n) is 4.61. The third-order valence-corrected chi connectivity index (χ3v) is 3.44. The molecule has 0 heterocycles. The average Bonchev–Trinajstić information content (AvgIpc) is 2.45. The van der Waals surface area contributed by atoms with Crippen molar-refractivity contribution in [1.29, 1.82) is 0 Å². The predicted molar refractivity (Wildman–Crippen MR) is 76.6 cm³/mol. The number of para-hydroxylation sites is 1. The molecule has 0 saturated carbocycles. The summed E-state index contributed by atoms with van der Waals surface area (Å²) in [6.07, 6.45) is 0.741. The number of hydrogen-bond donors (Lipinski definition) is 3. The van der Waals surface area contributed by atoms with Crippen molar-refractivity contribution in [2.75, 3.05) is 7.11 Å². The maximum Gasteiger partial charge on any atom is 0.161 e. The molecule has 4 heteroatoms. The fourth-order valence-electron chi connectivity index (χ4n) is 2.38. The zero-order valence-corrected chi connectivity index (χ0v) is 11.5. The van der Waals surface area contributed by atoms with Gasteiger partial charge in [0.15, 0.2) is 23.0 Å². The number of phenolic OH excluding ortho intramolecular Hbond substituents is 3. The molecule has 0 spiro atoms. The van der Waals surface area contributed by atoms with Gasteiger partial charge >= 0.3 is 0 Å². The number of aromatic hydroxyl groups is 3. The van der Waals surface area contributed by atoms with Gasteiger partial charge in [0.25, 0.3) is 0 Å². The quantitative estimate of drug-likeness (QED) is 0.748. The molecule has 0 fully saturated rings. The molecule has 2 aromatic carbocycles. The van der Waals surface area contributed by atoms with E-state index in [1.165, 1.54) is 13.2 Å². The highest BCUT2D eigenvalue weighted by atomic mass is 16.5. The summed E-state index contributed by atoms with van der Waals surface area (Å²) in [5.74, 6) is 0.140. The van der Waals surface area contributed by atoms with Crippen molar-refractivity contribution in [3.8, 4) is 23.0 Å². The van der Waals surface area contributed by atoms with Crippen molar-refractivity contribution in [2.24, 2.45) is 0 Å². The molecule has 4 nitrogen and oxygen atoms in total. The molecule has 0 aliphatic rings. The lowest BCUT2D eigenvalue weighted by atomic mass is 9.88. The van der Waals surface area contributed by atoms with E-state index in [1.54, 1.807) is 30.3 Å². The molecule has 0 amide bonds. The van der Waals surface area contributed by atoms with E-state index in [0.717, 1.165) is 12.0 Å². The first-order valence-electron chi connectivity index (χ1n) is 6.46. The summed E-state index contributed by atoms with van der Waals surface area (Å²) in [5, 5.41) is 29.3. The number of phenols is 3. The Morgan fingerprint density at radius 2 is 1.80 bits per heavy atom. The topological polar surface area (TPSA) is 69.9 Å². The Hall–Kier alpha value is -2.36. The summed E-state index contributed by atoms with van der Waals surface area (Å²) in [4.78, 5) is 0. The first kappa shape index (κ1) is 14.1. The van der Waals surface area contributed by atoms with E-state index >= 15 is 0 Å². The molecule has 106 valence electrons. The van der Waals surface area contributed by atoms with Gasteiger partial charge in [-0.05, 0) is 30.2 Å². The largest absolute Gasteiger partial charge is 0.504 e. The molecule has 0 bridgehead atoms. The van der Waals surface area contributed by atoms with Crippen molar-refractivity contribution in [3.63, 3.8) is 0 Å². The van der Waals surface area contributed by atoms with Gasteiger partial charge in [0.2, 0.25) is 0 Å². The Kier molecular flexibility index (Phi) is 4.03. The van der Waals surface area contributed by atoms with Crippen molar-refractivity contribution < 1.29 is 20.1 Å². The number of ether oxygens (including phenoxy) is 1.